The second-order valence-corrected chi connectivity index (χ2v) is 8.57. The lowest BCUT2D eigenvalue weighted by atomic mass is 9.88. The zero-order valence-corrected chi connectivity index (χ0v) is 17.6. The van der Waals surface area contributed by atoms with Crippen LogP contribution in [-0.2, 0) is 19.0 Å². The summed E-state index contributed by atoms with van der Waals surface area (Å²) >= 11 is 0. The molecule has 1 aromatic carbocycles. The number of allylic oxidation sites excluding steroid dienone is 2. The quantitative estimate of drug-likeness (QED) is 0.809. The predicted molar refractivity (Wildman–Crippen MR) is 108 cm³/mol. The van der Waals surface area contributed by atoms with Gasteiger partial charge >= 0.3 is 0 Å². The molecule has 0 amide bonds. The molecule has 1 aromatic rings. The second kappa shape index (κ2) is 7.74. The van der Waals surface area contributed by atoms with Crippen LogP contribution in [0.2, 0.25) is 0 Å². The van der Waals surface area contributed by atoms with E-state index in [-0.39, 0.29) is 29.5 Å². The normalized spacial score (nSPS) is 32.0. The van der Waals surface area contributed by atoms with Crippen molar-refractivity contribution in [3.63, 3.8) is 0 Å². The summed E-state index contributed by atoms with van der Waals surface area (Å²) in [7, 11) is 3.25. The summed E-state index contributed by atoms with van der Waals surface area (Å²) < 4.78 is 22.8. The predicted octanol–water partition coefficient (Wildman–Crippen LogP) is 3.73. The first-order valence-electron chi connectivity index (χ1n) is 10.3. The number of methoxy groups -OCH3 is 2. The lowest BCUT2D eigenvalue weighted by Crippen LogP contribution is -2.29. The first-order valence-corrected chi connectivity index (χ1v) is 10.3. The Labute approximate surface area is 171 Å². The minimum Gasteiger partial charge on any atom is -0.511 e. The van der Waals surface area contributed by atoms with E-state index in [0.29, 0.717) is 42.9 Å². The fraction of sp³-hybridized carbons (Fsp3) is 0.609. The van der Waals surface area contributed by atoms with E-state index in [1.807, 2.05) is 26.0 Å². The topological polar surface area (TPSA) is 74.2 Å². The van der Waals surface area contributed by atoms with Crippen molar-refractivity contribution in [1.82, 2.24) is 0 Å². The minimum atomic E-state index is -0.600. The summed E-state index contributed by atoms with van der Waals surface area (Å²) in [5, 5.41) is 11.1. The van der Waals surface area contributed by atoms with Crippen LogP contribution in [0.15, 0.2) is 17.9 Å². The number of hydrogen-bond donors (Lipinski definition) is 1. The average molecular weight is 402 g/mol. The summed E-state index contributed by atoms with van der Waals surface area (Å²) in [5.74, 6) is 0.145. The smallest absolute Gasteiger partial charge is 0.169 e. The Hall–Kier alpha value is -1.89. The molecule has 3 aliphatic rings. The van der Waals surface area contributed by atoms with Crippen LogP contribution >= 0.6 is 0 Å². The molecule has 2 fully saturated rings. The summed E-state index contributed by atoms with van der Waals surface area (Å²) in [6.07, 6.45) is 2.59. The van der Waals surface area contributed by atoms with Gasteiger partial charge in [-0.15, -0.1) is 0 Å². The number of aliphatic hydroxyl groups excluding tert-OH is 1. The Morgan fingerprint density at radius 2 is 2.07 bits per heavy atom. The van der Waals surface area contributed by atoms with Crippen LogP contribution in [-0.4, -0.2) is 50.2 Å². The highest BCUT2D eigenvalue weighted by molar-refractivity contribution is 6.24. The van der Waals surface area contributed by atoms with Gasteiger partial charge in [-0.05, 0) is 43.4 Å². The molecule has 4 unspecified atom stereocenters. The molecule has 6 nitrogen and oxygen atoms in total. The van der Waals surface area contributed by atoms with Gasteiger partial charge in [0.25, 0.3) is 0 Å². The molecule has 1 aliphatic heterocycles. The molecule has 29 heavy (non-hydrogen) atoms. The fourth-order valence-electron chi connectivity index (χ4n) is 5.27. The van der Waals surface area contributed by atoms with Crippen molar-refractivity contribution in [1.29, 1.82) is 0 Å². The van der Waals surface area contributed by atoms with E-state index in [1.54, 1.807) is 14.2 Å². The second-order valence-electron chi connectivity index (χ2n) is 8.57. The van der Waals surface area contributed by atoms with Gasteiger partial charge in [-0.3, -0.25) is 4.79 Å². The number of carbonyl (C=O) groups is 1. The number of carbonyl (C=O) groups excluding carboxylic acids is 1. The van der Waals surface area contributed by atoms with Crippen molar-refractivity contribution in [3.05, 3.63) is 34.6 Å². The van der Waals surface area contributed by atoms with Crippen molar-refractivity contribution in [2.45, 2.75) is 51.4 Å². The molecule has 4 rings (SSSR count). The standard InChI is InChI=1S/C23H30O6/c1-13-7-14(2)20(19(8-13)27-4)21-18(24)9-17(22(21)25)15-5-6-23(10-15)28-12-16(29-23)11-26-3/h7-8,15-17,25H,5-6,9-12H2,1-4H3. The van der Waals surface area contributed by atoms with Crippen LogP contribution in [0.25, 0.3) is 5.57 Å². The molecule has 4 atom stereocenters. The first kappa shape index (κ1) is 20.4. The van der Waals surface area contributed by atoms with Crippen molar-refractivity contribution in [3.8, 4) is 5.75 Å². The zero-order valence-electron chi connectivity index (χ0n) is 17.6. The van der Waals surface area contributed by atoms with E-state index in [2.05, 4.69) is 0 Å². The van der Waals surface area contributed by atoms with Gasteiger partial charge in [0.1, 0.15) is 17.6 Å². The van der Waals surface area contributed by atoms with Gasteiger partial charge in [0.2, 0.25) is 0 Å². The zero-order chi connectivity index (χ0) is 20.8. The average Bonchev–Trinajstić information content (AvgIpc) is 3.35. The molecule has 1 spiro atoms. The Balaban J connectivity index is 1.59. The van der Waals surface area contributed by atoms with Gasteiger partial charge in [-0.25, -0.2) is 0 Å². The Morgan fingerprint density at radius 3 is 2.79 bits per heavy atom. The molecule has 1 saturated carbocycles. The van der Waals surface area contributed by atoms with Crippen molar-refractivity contribution in [2.75, 3.05) is 27.4 Å². The Bertz CT molecular complexity index is 844. The molecule has 158 valence electrons. The van der Waals surface area contributed by atoms with Gasteiger partial charge in [-0.1, -0.05) is 6.07 Å². The van der Waals surface area contributed by atoms with Crippen LogP contribution < -0.4 is 4.74 Å². The third kappa shape index (κ3) is 3.58. The number of ketones is 1. The first-order chi connectivity index (χ1) is 13.9. The van der Waals surface area contributed by atoms with Gasteiger partial charge in [0.05, 0.1) is 25.9 Å². The minimum absolute atomic E-state index is 0.0239. The highest BCUT2D eigenvalue weighted by Gasteiger charge is 2.51. The largest absolute Gasteiger partial charge is 0.511 e. The number of Topliss-reactive ketones (excluding diaryl/α,β-unsaturated/α-hetero) is 1. The molecular formula is C23H30O6. The summed E-state index contributed by atoms with van der Waals surface area (Å²) in [6.45, 7) is 4.98. The number of aryl methyl sites for hydroxylation is 2. The molecular weight excluding hydrogens is 372 g/mol. The molecule has 0 bridgehead atoms. The lowest BCUT2D eigenvalue weighted by molar-refractivity contribution is -0.169. The summed E-state index contributed by atoms with van der Waals surface area (Å²) in [6, 6.07) is 3.92. The summed E-state index contributed by atoms with van der Waals surface area (Å²) in [4.78, 5) is 13.0. The third-order valence-electron chi connectivity index (χ3n) is 6.51. The van der Waals surface area contributed by atoms with Gasteiger partial charge < -0.3 is 24.1 Å². The maximum Gasteiger partial charge on any atom is 0.169 e. The van der Waals surface area contributed by atoms with Gasteiger partial charge in [0, 0.05) is 37.9 Å². The van der Waals surface area contributed by atoms with Crippen LogP contribution in [0.5, 0.6) is 5.75 Å². The van der Waals surface area contributed by atoms with E-state index >= 15 is 0 Å². The van der Waals surface area contributed by atoms with Crippen molar-refractivity contribution < 1.29 is 28.8 Å². The Morgan fingerprint density at radius 1 is 1.28 bits per heavy atom. The SMILES string of the molecule is COCC1COC2(CCC(C3CC(=O)C(c4c(C)cc(C)cc4OC)=C3O)C2)O1. The molecule has 1 heterocycles. The molecule has 0 aromatic heterocycles. The number of rotatable bonds is 5. The summed E-state index contributed by atoms with van der Waals surface area (Å²) in [5.41, 5.74) is 3.12. The van der Waals surface area contributed by atoms with E-state index < -0.39 is 5.79 Å². The van der Waals surface area contributed by atoms with Gasteiger partial charge in [0.15, 0.2) is 11.6 Å². The van der Waals surface area contributed by atoms with Crippen molar-refractivity contribution >= 4 is 11.4 Å². The van der Waals surface area contributed by atoms with E-state index in [4.69, 9.17) is 18.9 Å². The van der Waals surface area contributed by atoms with E-state index in [1.165, 1.54) is 0 Å². The van der Waals surface area contributed by atoms with E-state index in [9.17, 15) is 9.90 Å². The molecule has 0 radical (unpaired) electrons. The maximum absolute atomic E-state index is 13.0. The lowest BCUT2D eigenvalue weighted by Gasteiger charge is -2.24. The maximum atomic E-state index is 13.0. The highest BCUT2D eigenvalue weighted by atomic mass is 16.7. The van der Waals surface area contributed by atoms with Crippen LogP contribution in [0.1, 0.15) is 42.4 Å². The van der Waals surface area contributed by atoms with Gasteiger partial charge in [-0.2, -0.15) is 0 Å². The number of ether oxygens (including phenoxy) is 4. The monoisotopic (exact) mass is 402 g/mol. The van der Waals surface area contributed by atoms with Crippen LogP contribution in [0.4, 0.5) is 0 Å². The highest BCUT2D eigenvalue weighted by Crippen LogP contribution is 2.51. The molecule has 2 aliphatic carbocycles. The van der Waals surface area contributed by atoms with Crippen LogP contribution in [0.3, 0.4) is 0 Å². The van der Waals surface area contributed by atoms with E-state index in [0.717, 1.165) is 24.0 Å². The fourth-order valence-corrected chi connectivity index (χ4v) is 5.27. The number of aliphatic hydroxyl groups is 1. The van der Waals surface area contributed by atoms with Crippen LogP contribution in [0, 0.1) is 25.7 Å². The molecule has 1 saturated heterocycles. The van der Waals surface area contributed by atoms with Crippen molar-refractivity contribution in [2.24, 2.45) is 11.8 Å². The third-order valence-corrected chi connectivity index (χ3v) is 6.51. The number of benzene rings is 1. The molecule has 6 heteroatoms. The number of hydrogen-bond acceptors (Lipinski definition) is 6. The molecule has 1 N–H and O–H groups in total. The Kier molecular flexibility index (Phi) is 5.44.